The van der Waals surface area contributed by atoms with Crippen molar-refractivity contribution in [3.63, 3.8) is 0 Å². The fourth-order valence-corrected chi connectivity index (χ4v) is 3.42. The van der Waals surface area contributed by atoms with Crippen molar-refractivity contribution in [1.29, 1.82) is 0 Å². The molecule has 2 heterocycles. The van der Waals surface area contributed by atoms with Crippen LogP contribution in [-0.4, -0.2) is 35.3 Å². The Morgan fingerprint density at radius 1 is 1.06 bits per heavy atom. The molecular weight excluding hydrogens is 409 g/mol. The lowest BCUT2D eigenvalue weighted by molar-refractivity contribution is -0.274. The number of hydrogen-bond donors (Lipinski definition) is 0. The Hall–Kier alpha value is -3.55. The molecule has 1 aliphatic heterocycles. The molecule has 2 aromatic carbocycles. The third-order valence-electron chi connectivity index (χ3n) is 4.86. The molecule has 0 saturated carbocycles. The SMILES string of the molecule is Cc1cccc(C(=O)N2CCOc3ccc(-c4ccc(OC(F)(F)F)cc4)cc3C2)n1. The Bertz CT molecular complexity index is 1100. The smallest absolute Gasteiger partial charge is 0.491 e. The Morgan fingerprint density at radius 3 is 2.52 bits per heavy atom. The summed E-state index contributed by atoms with van der Waals surface area (Å²) < 4.78 is 46.8. The first-order valence-electron chi connectivity index (χ1n) is 9.63. The van der Waals surface area contributed by atoms with Crippen LogP contribution in [0.2, 0.25) is 0 Å². The summed E-state index contributed by atoms with van der Waals surface area (Å²) in [5, 5.41) is 0. The van der Waals surface area contributed by atoms with Crippen LogP contribution in [0.25, 0.3) is 11.1 Å². The van der Waals surface area contributed by atoms with Crippen LogP contribution in [0.3, 0.4) is 0 Å². The molecule has 160 valence electrons. The number of aryl methyl sites for hydroxylation is 1. The molecule has 1 aromatic heterocycles. The van der Waals surface area contributed by atoms with E-state index in [0.717, 1.165) is 22.4 Å². The normalized spacial score (nSPS) is 13.7. The number of ether oxygens (including phenoxy) is 2. The van der Waals surface area contributed by atoms with Crippen LogP contribution < -0.4 is 9.47 Å². The molecule has 8 heteroatoms. The average molecular weight is 428 g/mol. The third kappa shape index (κ3) is 4.96. The zero-order chi connectivity index (χ0) is 22.0. The number of benzene rings is 2. The van der Waals surface area contributed by atoms with Gasteiger partial charge in [-0.1, -0.05) is 24.3 Å². The van der Waals surface area contributed by atoms with Gasteiger partial charge in [0.25, 0.3) is 5.91 Å². The second-order valence-electron chi connectivity index (χ2n) is 7.13. The number of rotatable bonds is 3. The van der Waals surface area contributed by atoms with E-state index in [1.807, 2.05) is 31.2 Å². The molecule has 3 aromatic rings. The molecule has 0 bridgehead atoms. The summed E-state index contributed by atoms with van der Waals surface area (Å²) in [7, 11) is 0. The fourth-order valence-electron chi connectivity index (χ4n) is 3.42. The minimum Gasteiger partial charge on any atom is -0.491 e. The van der Waals surface area contributed by atoms with Crippen LogP contribution >= 0.6 is 0 Å². The van der Waals surface area contributed by atoms with Crippen LogP contribution in [0.5, 0.6) is 11.5 Å². The highest BCUT2D eigenvalue weighted by Gasteiger charge is 2.31. The van der Waals surface area contributed by atoms with Gasteiger partial charge in [-0.15, -0.1) is 13.2 Å². The molecular formula is C23H19F3N2O3. The maximum Gasteiger partial charge on any atom is 0.573 e. The Morgan fingerprint density at radius 2 is 1.81 bits per heavy atom. The summed E-state index contributed by atoms with van der Waals surface area (Å²) in [6, 6.07) is 16.5. The third-order valence-corrected chi connectivity index (χ3v) is 4.86. The van der Waals surface area contributed by atoms with E-state index in [4.69, 9.17) is 4.74 Å². The number of amides is 1. The quantitative estimate of drug-likeness (QED) is 0.590. The highest BCUT2D eigenvalue weighted by atomic mass is 19.4. The molecule has 1 amide bonds. The van der Waals surface area contributed by atoms with E-state index in [2.05, 4.69) is 9.72 Å². The fraction of sp³-hybridized carbons (Fsp3) is 0.217. The standard InChI is InChI=1S/C23H19F3N2O3/c1-15-3-2-4-20(27-15)22(29)28-11-12-30-21-10-7-17(13-18(21)14-28)16-5-8-19(9-6-16)31-23(24,25)26/h2-10,13H,11-12,14H2,1H3. The number of carbonyl (C=O) groups excluding carboxylic acids is 1. The predicted octanol–water partition coefficient (Wildman–Crippen LogP) is 4.99. The molecule has 0 aliphatic carbocycles. The van der Waals surface area contributed by atoms with Crippen molar-refractivity contribution in [2.75, 3.05) is 13.2 Å². The van der Waals surface area contributed by atoms with Crippen molar-refractivity contribution in [3.8, 4) is 22.6 Å². The van der Waals surface area contributed by atoms with Crippen LogP contribution in [0.4, 0.5) is 13.2 Å². The van der Waals surface area contributed by atoms with Crippen molar-refractivity contribution in [2.24, 2.45) is 0 Å². The van der Waals surface area contributed by atoms with Crippen molar-refractivity contribution < 1.29 is 27.4 Å². The lowest BCUT2D eigenvalue weighted by Crippen LogP contribution is -2.33. The molecule has 0 unspecified atom stereocenters. The number of nitrogens with zero attached hydrogens (tertiary/aromatic N) is 2. The predicted molar refractivity (Wildman–Crippen MR) is 108 cm³/mol. The number of pyridine rings is 1. The molecule has 0 N–H and O–H groups in total. The first kappa shape index (κ1) is 20.7. The molecule has 0 spiro atoms. The van der Waals surface area contributed by atoms with E-state index in [0.29, 0.717) is 31.1 Å². The second kappa shape index (κ2) is 8.29. The van der Waals surface area contributed by atoms with E-state index < -0.39 is 6.36 Å². The van der Waals surface area contributed by atoms with Crippen molar-refractivity contribution in [2.45, 2.75) is 19.8 Å². The molecule has 0 radical (unpaired) electrons. The van der Waals surface area contributed by atoms with Crippen LogP contribution in [-0.2, 0) is 6.54 Å². The minimum atomic E-state index is -4.73. The largest absolute Gasteiger partial charge is 0.573 e. The van der Waals surface area contributed by atoms with E-state index in [1.54, 1.807) is 29.2 Å². The van der Waals surface area contributed by atoms with Crippen LogP contribution in [0.1, 0.15) is 21.7 Å². The molecule has 5 nitrogen and oxygen atoms in total. The summed E-state index contributed by atoms with van der Waals surface area (Å²) in [6.45, 7) is 2.94. The zero-order valence-electron chi connectivity index (χ0n) is 16.6. The molecule has 31 heavy (non-hydrogen) atoms. The van der Waals surface area contributed by atoms with Crippen LogP contribution in [0.15, 0.2) is 60.7 Å². The van der Waals surface area contributed by atoms with E-state index in [1.165, 1.54) is 12.1 Å². The Kier molecular flexibility index (Phi) is 5.54. The van der Waals surface area contributed by atoms with Gasteiger partial charge in [-0.25, -0.2) is 4.98 Å². The Balaban J connectivity index is 1.57. The monoisotopic (exact) mass is 428 g/mol. The number of hydrogen-bond acceptors (Lipinski definition) is 4. The molecule has 0 fully saturated rings. The van der Waals surface area contributed by atoms with E-state index in [9.17, 15) is 18.0 Å². The summed E-state index contributed by atoms with van der Waals surface area (Å²) in [5.74, 6) is 0.212. The number of halogens is 3. The van der Waals surface area contributed by atoms with Gasteiger partial charge >= 0.3 is 6.36 Å². The zero-order valence-corrected chi connectivity index (χ0v) is 16.6. The molecule has 0 saturated heterocycles. The highest BCUT2D eigenvalue weighted by molar-refractivity contribution is 5.92. The van der Waals surface area contributed by atoms with Gasteiger partial charge in [0, 0.05) is 17.8 Å². The van der Waals surface area contributed by atoms with Gasteiger partial charge in [-0.05, 0) is 54.4 Å². The number of aromatic nitrogens is 1. The Labute approximate surface area is 177 Å². The van der Waals surface area contributed by atoms with E-state index in [-0.39, 0.29) is 11.7 Å². The minimum absolute atomic E-state index is 0.181. The van der Waals surface area contributed by atoms with Gasteiger partial charge < -0.3 is 14.4 Å². The average Bonchev–Trinajstić information content (AvgIpc) is 2.94. The van der Waals surface area contributed by atoms with Gasteiger partial charge in [0.15, 0.2) is 0 Å². The lowest BCUT2D eigenvalue weighted by atomic mass is 10.0. The van der Waals surface area contributed by atoms with Crippen LogP contribution in [0, 0.1) is 6.92 Å². The maximum absolute atomic E-state index is 12.9. The van der Waals surface area contributed by atoms with Crippen molar-refractivity contribution >= 4 is 5.91 Å². The van der Waals surface area contributed by atoms with Crippen molar-refractivity contribution in [3.05, 3.63) is 77.6 Å². The van der Waals surface area contributed by atoms with Gasteiger partial charge in [-0.2, -0.15) is 0 Å². The molecule has 0 atom stereocenters. The van der Waals surface area contributed by atoms with Gasteiger partial charge in [0.05, 0.1) is 6.54 Å². The van der Waals surface area contributed by atoms with Crippen molar-refractivity contribution in [1.82, 2.24) is 9.88 Å². The van der Waals surface area contributed by atoms with Gasteiger partial charge in [0.2, 0.25) is 0 Å². The summed E-state index contributed by atoms with van der Waals surface area (Å²) in [5.41, 5.74) is 3.47. The van der Waals surface area contributed by atoms with E-state index >= 15 is 0 Å². The number of alkyl halides is 3. The topological polar surface area (TPSA) is 51.7 Å². The lowest BCUT2D eigenvalue weighted by Gasteiger charge is -2.19. The first-order chi connectivity index (χ1) is 14.8. The second-order valence-corrected chi connectivity index (χ2v) is 7.13. The first-order valence-corrected chi connectivity index (χ1v) is 9.63. The number of fused-ring (bicyclic) bond motifs is 1. The summed E-state index contributed by atoms with van der Waals surface area (Å²) >= 11 is 0. The number of carbonyl (C=O) groups is 1. The molecule has 1 aliphatic rings. The summed E-state index contributed by atoms with van der Waals surface area (Å²) in [6.07, 6.45) is -4.73. The summed E-state index contributed by atoms with van der Waals surface area (Å²) in [4.78, 5) is 18.9. The maximum atomic E-state index is 12.9. The van der Waals surface area contributed by atoms with Gasteiger partial charge in [-0.3, -0.25) is 4.79 Å². The highest BCUT2D eigenvalue weighted by Crippen LogP contribution is 2.31. The molecule has 4 rings (SSSR count). The van der Waals surface area contributed by atoms with Gasteiger partial charge in [0.1, 0.15) is 23.8 Å².